The second-order valence-electron chi connectivity index (χ2n) is 5.02. The van der Waals surface area contributed by atoms with Crippen LogP contribution in [0.4, 0.5) is 4.39 Å². The smallest absolute Gasteiger partial charge is 0.341 e. The van der Waals surface area contributed by atoms with Crippen molar-refractivity contribution in [2.45, 2.75) is 26.8 Å². The fraction of sp³-hybridized carbons (Fsp3) is 0.467. The molecule has 0 spiro atoms. The fourth-order valence-corrected chi connectivity index (χ4v) is 1.46. The van der Waals surface area contributed by atoms with Gasteiger partial charge in [-0.05, 0) is 25.0 Å². The van der Waals surface area contributed by atoms with Crippen molar-refractivity contribution in [2.24, 2.45) is 5.92 Å². The molecule has 1 aromatic rings. The van der Waals surface area contributed by atoms with Crippen LogP contribution >= 0.6 is 0 Å². The maximum atomic E-state index is 13.6. The molecule has 0 unspecified atom stereocenters. The third-order valence-electron chi connectivity index (χ3n) is 3.12. The van der Waals surface area contributed by atoms with Gasteiger partial charge in [0, 0.05) is 12.1 Å². The first-order valence-electron chi connectivity index (χ1n) is 6.65. The Morgan fingerprint density at radius 2 is 1.95 bits per heavy atom. The zero-order chi connectivity index (χ0) is 16.0. The number of amides is 1. The lowest BCUT2D eigenvalue weighted by atomic mass is 10.1. The normalized spacial score (nSPS) is 11.9. The summed E-state index contributed by atoms with van der Waals surface area (Å²) in [5.41, 5.74) is -0.236. The molecule has 1 amide bonds. The van der Waals surface area contributed by atoms with Crippen LogP contribution in [-0.4, -0.2) is 31.6 Å². The Balaban J connectivity index is 2.56. The van der Waals surface area contributed by atoms with E-state index in [0.29, 0.717) is 5.75 Å². The molecule has 1 rings (SSSR count). The predicted molar refractivity (Wildman–Crippen MR) is 75.7 cm³/mol. The first kappa shape index (κ1) is 16.9. The van der Waals surface area contributed by atoms with Gasteiger partial charge in [0.05, 0.1) is 12.7 Å². The summed E-state index contributed by atoms with van der Waals surface area (Å²) >= 11 is 0. The van der Waals surface area contributed by atoms with E-state index in [2.05, 4.69) is 5.32 Å². The molecule has 0 aliphatic carbocycles. The van der Waals surface area contributed by atoms with Crippen LogP contribution in [0.3, 0.4) is 0 Å². The Morgan fingerprint density at radius 3 is 2.48 bits per heavy atom. The van der Waals surface area contributed by atoms with Crippen molar-refractivity contribution in [3.05, 3.63) is 29.6 Å². The Hall–Kier alpha value is -2.11. The van der Waals surface area contributed by atoms with E-state index in [4.69, 9.17) is 9.47 Å². The van der Waals surface area contributed by atoms with Crippen LogP contribution in [0.15, 0.2) is 18.2 Å². The van der Waals surface area contributed by atoms with E-state index in [-0.39, 0.29) is 17.5 Å². The number of esters is 1. The zero-order valence-corrected chi connectivity index (χ0v) is 12.6. The number of benzene rings is 1. The minimum Gasteiger partial charge on any atom is -0.497 e. The van der Waals surface area contributed by atoms with Gasteiger partial charge in [-0.2, -0.15) is 0 Å². The molecule has 0 bridgehead atoms. The van der Waals surface area contributed by atoms with E-state index in [0.717, 1.165) is 6.07 Å². The highest BCUT2D eigenvalue weighted by Gasteiger charge is 2.17. The molecular weight excluding hydrogens is 277 g/mol. The monoisotopic (exact) mass is 297 g/mol. The predicted octanol–water partition coefficient (Wildman–Crippen LogP) is 2.15. The van der Waals surface area contributed by atoms with Crippen LogP contribution in [0, 0.1) is 11.7 Å². The molecule has 116 valence electrons. The maximum absolute atomic E-state index is 13.6. The number of ether oxygens (including phenoxy) is 2. The Morgan fingerprint density at radius 1 is 1.29 bits per heavy atom. The molecule has 1 aromatic carbocycles. The van der Waals surface area contributed by atoms with Crippen LogP contribution < -0.4 is 10.1 Å². The van der Waals surface area contributed by atoms with E-state index in [1.165, 1.54) is 19.2 Å². The maximum Gasteiger partial charge on any atom is 0.341 e. The number of hydrogen-bond donors (Lipinski definition) is 1. The lowest BCUT2D eigenvalue weighted by molar-refractivity contribution is -0.125. The van der Waals surface area contributed by atoms with E-state index in [9.17, 15) is 14.0 Å². The van der Waals surface area contributed by atoms with E-state index in [1.54, 1.807) is 0 Å². The van der Waals surface area contributed by atoms with Crippen molar-refractivity contribution in [3.8, 4) is 5.75 Å². The van der Waals surface area contributed by atoms with Gasteiger partial charge in [0.2, 0.25) is 0 Å². The van der Waals surface area contributed by atoms with Crippen molar-refractivity contribution < 1.29 is 23.5 Å². The van der Waals surface area contributed by atoms with Gasteiger partial charge >= 0.3 is 5.97 Å². The molecule has 6 heteroatoms. The summed E-state index contributed by atoms with van der Waals surface area (Å²) in [5.74, 6) is -1.49. The van der Waals surface area contributed by atoms with Gasteiger partial charge in [-0.3, -0.25) is 4.79 Å². The summed E-state index contributed by atoms with van der Waals surface area (Å²) in [7, 11) is 1.40. The molecule has 21 heavy (non-hydrogen) atoms. The van der Waals surface area contributed by atoms with Crippen molar-refractivity contribution in [2.75, 3.05) is 13.7 Å². The Bertz CT molecular complexity index is 516. The summed E-state index contributed by atoms with van der Waals surface area (Å²) in [6.07, 6.45) is 0. The van der Waals surface area contributed by atoms with Crippen LogP contribution in [0.2, 0.25) is 0 Å². The molecule has 0 saturated heterocycles. The zero-order valence-electron chi connectivity index (χ0n) is 12.6. The number of carbonyl (C=O) groups is 2. The minimum absolute atomic E-state index is 0.0334. The fourth-order valence-electron chi connectivity index (χ4n) is 1.46. The van der Waals surface area contributed by atoms with E-state index in [1.807, 2.05) is 20.8 Å². The van der Waals surface area contributed by atoms with Gasteiger partial charge in [-0.25, -0.2) is 9.18 Å². The third kappa shape index (κ3) is 5.06. The number of methoxy groups -OCH3 is 1. The van der Waals surface area contributed by atoms with E-state index >= 15 is 0 Å². The average Bonchev–Trinajstić information content (AvgIpc) is 2.44. The highest BCUT2D eigenvalue weighted by atomic mass is 19.1. The topological polar surface area (TPSA) is 64.6 Å². The first-order chi connectivity index (χ1) is 9.85. The Labute approximate surface area is 123 Å². The third-order valence-corrected chi connectivity index (χ3v) is 3.12. The summed E-state index contributed by atoms with van der Waals surface area (Å²) < 4.78 is 23.3. The summed E-state index contributed by atoms with van der Waals surface area (Å²) in [4.78, 5) is 23.3. The second-order valence-corrected chi connectivity index (χ2v) is 5.02. The van der Waals surface area contributed by atoms with Crippen LogP contribution in [0.5, 0.6) is 5.75 Å². The lowest BCUT2D eigenvalue weighted by Crippen LogP contribution is -2.38. The largest absolute Gasteiger partial charge is 0.497 e. The summed E-state index contributed by atoms with van der Waals surface area (Å²) in [5, 5.41) is 2.69. The molecular formula is C15H20FNO4. The quantitative estimate of drug-likeness (QED) is 0.817. The van der Waals surface area contributed by atoms with Crippen LogP contribution in [0.1, 0.15) is 31.1 Å². The number of rotatable bonds is 6. The van der Waals surface area contributed by atoms with Crippen LogP contribution in [-0.2, 0) is 9.53 Å². The molecule has 5 nitrogen and oxygen atoms in total. The summed E-state index contributed by atoms with van der Waals surface area (Å²) in [6, 6.07) is 3.75. The molecule has 0 heterocycles. The van der Waals surface area contributed by atoms with Gasteiger partial charge in [0.15, 0.2) is 6.61 Å². The highest BCUT2D eigenvalue weighted by molar-refractivity contribution is 5.91. The molecule has 0 aromatic heterocycles. The Kier molecular flexibility index (Phi) is 6.14. The van der Waals surface area contributed by atoms with Gasteiger partial charge < -0.3 is 14.8 Å². The standard InChI is InChI=1S/C15H20FNO4/c1-9(2)10(3)17-14(18)8-21-15(19)12-6-5-11(20-4)7-13(12)16/h5-7,9-10H,8H2,1-4H3,(H,17,18)/t10-/m1/s1. The van der Waals surface area contributed by atoms with Gasteiger partial charge in [0.1, 0.15) is 11.6 Å². The molecule has 0 radical (unpaired) electrons. The minimum atomic E-state index is -0.887. The highest BCUT2D eigenvalue weighted by Crippen LogP contribution is 2.16. The summed E-state index contributed by atoms with van der Waals surface area (Å²) in [6.45, 7) is 5.34. The molecule has 0 aliphatic rings. The van der Waals surface area contributed by atoms with Gasteiger partial charge in [-0.1, -0.05) is 13.8 Å². The SMILES string of the molecule is COc1ccc(C(=O)OCC(=O)N[C@H](C)C(C)C)c(F)c1. The number of carbonyl (C=O) groups excluding carboxylic acids is 2. The number of halogens is 1. The van der Waals surface area contributed by atoms with Crippen LogP contribution in [0.25, 0.3) is 0 Å². The van der Waals surface area contributed by atoms with Crippen molar-refractivity contribution in [3.63, 3.8) is 0 Å². The number of hydrogen-bond acceptors (Lipinski definition) is 4. The molecule has 0 aliphatic heterocycles. The first-order valence-corrected chi connectivity index (χ1v) is 6.65. The van der Waals surface area contributed by atoms with Crippen molar-refractivity contribution in [1.29, 1.82) is 0 Å². The number of nitrogens with one attached hydrogen (secondary N) is 1. The van der Waals surface area contributed by atoms with Crippen molar-refractivity contribution >= 4 is 11.9 Å². The second kappa shape index (κ2) is 7.61. The van der Waals surface area contributed by atoms with Gasteiger partial charge in [0.25, 0.3) is 5.91 Å². The molecule has 1 atom stereocenters. The lowest BCUT2D eigenvalue weighted by Gasteiger charge is -2.17. The van der Waals surface area contributed by atoms with Crippen molar-refractivity contribution in [1.82, 2.24) is 5.32 Å². The average molecular weight is 297 g/mol. The van der Waals surface area contributed by atoms with E-state index < -0.39 is 24.3 Å². The molecule has 1 N–H and O–H groups in total. The van der Waals surface area contributed by atoms with Gasteiger partial charge in [-0.15, -0.1) is 0 Å². The molecule has 0 fully saturated rings. The molecule has 0 saturated carbocycles.